The van der Waals surface area contributed by atoms with E-state index in [0.29, 0.717) is 17.7 Å². The Kier molecular flexibility index (Phi) is 3.04. The van der Waals surface area contributed by atoms with E-state index in [9.17, 15) is 4.79 Å². The molecule has 4 aromatic rings. The predicted molar refractivity (Wildman–Crippen MR) is 82.7 cm³/mol. The van der Waals surface area contributed by atoms with Crippen molar-refractivity contribution in [1.29, 1.82) is 0 Å². The lowest BCUT2D eigenvalue weighted by Gasteiger charge is -2.07. The molecule has 0 fully saturated rings. The minimum Gasteiger partial charge on any atom is -0.461 e. The lowest BCUT2D eigenvalue weighted by molar-refractivity contribution is 0.426. The summed E-state index contributed by atoms with van der Waals surface area (Å²) in [4.78, 5) is 16.9. The first-order chi connectivity index (χ1) is 11.3. The summed E-state index contributed by atoms with van der Waals surface area (Å²) in [5.74, 6) is 0.827. The molecule has 3 heterocycles. The Morgan fingerprint density at radius 1 is 1.17 bits per heavy atom. The van der Waals surface area contributed by atoms with Crippen molar-refractivity contribution in [2.75, 3.05) is 0 Å². The highest BCUT2D eigenvalue weighted by molar-refractivity contribution is 5.81. The summed E-state index contributed by atoms with van der Waals surface area (Å²) in [6.45, 7) is 2.57. The van der Waals surface area contributed by atoms with Crippen LogP contribution in [0, 0.1) is 0 Å². The molecule has 0 atom stereocenters. The van der Waals surface area contributed by atoms with E-state index in [2.05, 4.69) is 15.2 Å². The molecule has 0 spiro atoms. The van der Waals surface area contributed by atoms with E-state index in [4.69, 9.17) is 8.94 Å². The van der Waals surface area contributed by atoms with Crippen molar-refractivity contribution in [2.24, 2.45) is 0 Å². The molecule has 7 heteroatoms. The lowest BCUT2D eigenvalue weighted by atomic mass is 10.2. The molecule has 4 rings (SSSR count). The molecule has 7 nitrogen and oxygen atoms in total. The van der Waals surface area contributed by atoms with Crippen LogP contribution in [-0.2, 0) is 6.54 Å². The van der Waals surface area contributed by atoms with Crippen molar-refractivity contribution in [2.45, 2.75) is 13.5 Å². The number of hydrogen-bond donors (Lipinski definition) is 0. The van der Waals surface area contributed by atoms with E-state index in [1.165, 1.54) is 6.26 Å². The van der Waals surface area contributed by atoms with Gasteiger partial charge in [-0.2, -0.15) is 10.1 Å². The van der Waals surface area contributed by atoms with Gasteiger partial charge in [-0.15, -0.1) is 0 Å². The van der Waals surface area contributed by atoms with Gasteiger partial charge >= 0.3 is 0 Å². The van der Waals surface area contributed by atoms with E-state index in [0.717, 1.165) is 5.52 Å². The summed E-state index contributed by atoms with van der Waals surface area (Å²) in [7, 11) is 0. The molecule has 23 heavy (non-hydrogen) atoms. The fraction of sp³-hybridized carbons (Fsp3) is 0.125. The number of hydrogen-bond acceptors (Lipinski definition) is 6. The number of aromatic nitrogens is 4. The highest BCUT2D eigenvalue weighted by Gasteiger charge is 2.19. The number of nitrogens with zero attached hydrogens (tertiary/aromatic N) is 4. The molecule has 3 aromatic heterocycles. The standard InChI is InChI=1S/C16H12N4O3/c1-2-20-11-7-4-3-6-10(11)14(21)13(18-20)16-17-15(19-23-16)12-8-5-9-22-12/h3-9H,2H2,1H3. The molecule has 0 bridgehead atoms. The maximum absolute atomic E-state index is 12.7. The van der Waals surface area contributed by atoms with Gasteiger partial charge in [0.25, 0.3) is 5.89 Å². The van der Waals surface area contributed by atoms with Gasteiger partial charge in [-0.25, -0.2) is 0 Å². The highest BCUT2D eigenvalue weighted by atomic mass is 16.5. The number of rotatable bonds is 3. The van der Waals surface area contributed by atoms with Gasteiger partial charge < -0.3 is 8.94 Å². The number of benzene rings is 1. The van der Waals surface area contributed by atoms with Gasteiger partial charge in [0.1, 0.15) is 0 Å². The minimum atomic E-state index is -0.236. The number of fused-ring (bicyclic) bond motifs is 1. The highest BCUT2D eigenvalue weighted by Crippen LogP contribution is 2.20. The molecular weight excluding hydrogens is 296 g/mol. The second-order valence-electron chi connectivity index (χ2n) is 4.91. The molecule has 114 valence electrons. The molecule has 0 amide bonds. The van der Waals surface area contributed by atoms with Crippen LogP contribution in [0.1, 0.15) is 6.92 Å². The molecule has 0 unspecified atom stereocenters. The van der Waals surface area contributed by atoms with E-state index in [-0.39, 0.29) is 22.8 Å². The SMILES string of the molecule is CCn1nc(-c2nc(-c3ccco3)no2)c(=O)c2ccccc21. The normalized spacial score (nSPS) is 11.2. The quantitative estimate of drug-likeness (QED) is 0.578. The number of para-hydroxylation sites is 1. The summed E-state index contributed by atoms with van der Waals surface area (Å²) in [6, 6.07) is 10.8. The third-order valence-corrected chi connectivity index (χ3v) is 3.53. The monoisotopic (exact) mass is 308 g/mol. The third-order valence-electron chi connectivity index (χ3n) is 3.53. The molecule has 0 aliphatic rings. The number of aryl methyl sites for hydroxylation is 1. The minimum absolute atomic E-state index is 0.0781. The molecule has 0 saturated carbocycles. The van der Waals surface area contributed by atoms with Crippen LogP contribution in [0.5, 0.6) is 0 Å². The fourth-order valence-corrected chi connectivity index (χ4v) is 2.44. The Morgan fingerprint density at radius 2 is 2.04 bits per heavy atom. The summed E-state index contributed by atoms with van der Waals surface area (Å²) in [6.07, 6.45) is 1.52. The molecule has 0 radical (unpaired) electrons. The third kappa shape index (κ3) is 2.13. The summed E-state index contributed by atoms with van der Waals surface area (Å²) in [5.41, 5.74) is 0.672. The van der Waals surface area contributed by atoms with Gasteiger partial charge in [-0.3, -0.25) is 9.48 Å². The van der Waals surface area contributed by atoms with Crippen LogP contribution in [0.25, 0.3) is 34.1 Å². The van der Waals surface area contributed by atoms with Gasteiger partial charge in [0.2, 0.25) is 11.3 Å². The molecule has 0 saturated heterocycles. The topological polar surface area (TPSA) is 86.9 Å². The first-order valence-corrected chi connectivity index (χ1v) is 7.15. The Bertz CT molecular complexity index is 1030. The average molecular weight is 308 g/mol. The van der Waals surface area contributed by atoms with Gasteiger partial charge in [0, 0.05) is 11.9 Å². The van der Waals surface area contributed by atoms with Gasteiger partial charge in [0.15, 0.2) is 11.5 Å². The number of furan rings is 1. The summed E-state index contributed by atoms with van der Waals surface area (Å²) < 4.78 is 12.2. The van der Waals surface area contributed by atoms with Crippen molar-refractivity contribution in [3.63, 3.8) is 0 Å². The van der Waals surface area contributed by atoms with Gasteiger partial charge in [-0.1, -0.05) is 17.3 Å². The van der Waals surface area contributed by atoms with E-state index >= 15 is 0 Å². The Hall–Kier alpha value is -3.22. The average Bonchev–Trinajstić information content (AvgIpc) is 3.27. The zero-order valence-corrected chi connectivity index (χ0v) is 12.3. The predicted octanol–water partition coefficient (Wildman–Crippen LogP) is 2.73. The Morgan fingerprint density at radius 3 is 2.83 bits per heavy atom. The zero-order valence-electron chi connectivity index (χ0n) is 12.3. The second kappa shape index (κ2) is 5.20. The van der Waals surface area contributed by atoms with Crippen molar-refractivity contribution in [3.8, 4) is 23.2 Å². The maximum Gasteiger partial charge on any atom is 0.282 e. The largest absolute Gasteiger partial charge is 0.461 e. The Balaban J connectivity index is 1.92. The van der Waals surface area contributed by atoms with Crippen LogP contribution in [0.15, 0.2) is 56.4 Å². The van der Waals surface area contributed by atoms with Crippen LogP contribution >= 0.6 is 0 Å². The summed E-state index contributed by atoms with van der Waals surface area (Å²) >= 11 is 0. The molecule has 0 aliphatic carbocycles. The molecule has 0 N–H and O–H groups in total. The van der Waals surface area contributed by atoms with Crippen LogP contribution < -0.4 is 5.43 Å². The van der Waals surface area contributed by atoms with Crippen molar-refractivity contribution < 1.29 is 8.94 Å². The van der Waals surface area contributed by atoms with Crippen LogP contribution in [0.2, 0.25) is 0 Å². The Labute approximate surface area is 130 Å². The van der Waals surface area contributed by atoms with Gasteiger partial charge in [0.05, 0.1) is 11.8 Å². The van der Waals surface area contributed by atoms with Crippen LogP contribution in [0.4, 0.5) is 0 Å². The fourth-order valence-electron chi connectivity index (χ4n) is 2.44. The van der Waals surface area contributed by atoms with Crippen molar-refractivity contribution in [1.82, 2.24) is 19.9 Å². The first kappa shape index (κ1) is 13.4. The zero-order chi connectivity index (χ0) is 15.8. The maximum atomic E-state index is 12.7. The molecule has 1 aromatic carbocycles. The van der Waals surface area contributed by atoms with E-state index in [1.54, 1.807) is 22.9 Å². The second-order valence-corrected chi connectivity index (χ2v) is 4.91. The smallest absolute Gasteiger partial charge is 0.282 e. The first-order valence-electron chi connectivity index (χ1n) is 7.15. The van der Waals surface area contributed by atoms with E-state index in [1.807, 2.05) is 25.1 Å². The van der Waals surface area contributed by atoms with E-state index < -0.39 is 0 Å². The molecular formula is C16H12N4O3. The van der Waals surface area contributed by atoms with Crippen LogP contribution in [-0.4, -0.2) is 19.9 Å². The van der Waals surface area contributed by atoms with Crippen molar-refractivity contribution >= 4 is 10.9 Å². The van der Waals surface area contributed by atoms with Crippen molar-refractivity contribution in [3.05, 3.63) is 52.9 Å². The summed E-state index contributed by atoms with van der Waals surface area (Å²) in [5, 5.41) is 8.77. The van der Waals surface area contributed by atoms with Crippen LogP contribution in [0.3, 0.4) is 0 Å². The van der Waals surface area contributed by atoms with Gasteiger partial charge in [-0.05, 0) is 31.2 Å². The molecule has 0 aliphatic heterocycles. The lowest BCUT2D eigenvalue weighted by Crippen LogP contribution is -2.16.